The molecular formula is C27H16F6N6O2. The van der Waals surface area contributed by atoms with Gasteiger partial charge in [0.1, 0.15) is 17.5 Å². The van der Waals surface area contributed by atoms with Gasteiger partial charge in [0.05, 0.1) is 23.1 Å². The number of aromatic nitrogens is 3. The van der Waals surface area contributed by atoms with E-state index in [0.29, 0.717) is 35.1 Å². The lowest BCUT2D eigenvalue weighted by Crippen LogP contribution is -2.20. The van der Waals surface area contributed by atoms with E-state index in [1.165, 1.54) is 18.6 Å². The highest BCUT2D eigenvalue weighted by atomic mass is 19.4. The quantitative estimate of drug-likeness (QED) is 0.204. The maximum absolute atomic E-state index is 13.9. The Hall–Kier alpha value is -5.40. The minimum absolute atomic E-state index is 0.0726. The first-order valence-electron chi connectivity index (χ1n) is 11.6. The summed E-state index contributed by atoms with van der Waals surface area (Å²) in [6.45, 7) is 0. The second-order valence-electron chi connectivity index (χ2n) is 8.54. The van der Waals surface area contributed by atoms with Gasteiger partial charge < -0.3 is 16.0 Å². The number of fused-ring (bicyclic) bond motifs is 1. The molecule has 0 aliphatic rings. The minimum atomic E-state index is -4.99. The zero-order valence-corrected chi connectivity index (χ0v) is 20.4. The Morgan fingerprint density at radius 2 is 1.63 bits per heavy atom. The topological polar surface area (TPSA) is 100 Å². The molecule has 3 amide bonds. The first kappa shape index (κ1) is 27.2. The number of amides is 3. The third-order valence-corrected chi connectivity index (χ3v) is 5.79. The summed E-state index contributed by atoms with van der Waals surface area (Å²) in [5.74, 6) is -4.29. The van der Waals surface area contributed by atoms with Gasteiger partial charge in [0.15, 0.2) is 11.5 Å². The van der Waals surface area contributed by atoms with E-state index in [2.05, 4.69) is 25.9 Å². The summed E-state index contributed by atoms with van der Waals surface area (Å²) in [5.41, 5.74) is -0.725. The number of alkyl halides is 3. The van der Waals surface area contributed by atoms with Crippen LogP contribution in [0.2, 0.25) is 0 Å². The largest absolute Gasteiger partial charge is 0.419 e. The van der Waals surface area contributed by atoms with Crippen molar-refractivity contribution in [3.63, 3.8) is 0 Å². The molecule has 0 fully saturated rings. The fraction of sp³-hybridized carbons (Fsp3) is 0.0370. The Labute approximate surface area is 226 Å². The Balaban J connectivity index is 1.37. The van der Waals surface area contributed by atoms with Crippen molar-refractivity contribution in [1.82, 2.24) is 14.4 Å². The normalized spacial score (nSPS) is 11.4. The second-order valence-corrected chi connectivity index (χ2v) is 8.54. The van der Waals surface area contributed by atoms with Crippen LogP contribution < -0.4 is 16.0 Å². The van der Waals surface area contributed by atoms with Crippen molar-refractivity contribution in [3.05, 3.63) is 108 Å². The maximum atomic E-state index is 13.9. The summed E-state index contributed by atoms with van der Waals surface area (Å²) < 4.78 is 81.3. The fourth-order valence-electron chi connectivity index (χ4n) is 3.92. The number of nitrogens with zero attached hydrogens (tertiary/aromatic N) is 3. The van der Waals surface area contributed by atoms with E-state index in [1.54, 1.807) is 28.7 Å². The first-order valence-corrected chi connectivity index (χ1v) is 11.6. The lowest BCUT2D eigenvalue weighted by Gasteiger charge is -2.11. The van der Waals surface area contributed by atoms with Gasteiger partial charge in [-0.25, -0.2) is 27.9 Å². The van der Waals surface area contributed by atoms with E-state index >= 15 is 0 Å². The van der Waals surface area contributed by atoms with Crippen molar-refractivity contribution in [2.45, 2.75) is 6.18 Å². The molecule has 3 aromatic carbocycles. The molecule has 8 nitrogen and oxygen atoms in total. The van der Waals surface area contributed by atoms with E-state index in [0.717, 1.165) is 18.2 Å². The number of hydrogen-bond donors (Lipinski definition) is 3. The van der Waals surface area contributed by atoms with E-state index < -0.39 is 46.7 Å². The summed E-state index contributed by atoms with van der Waals surface area (Å²) >= 11 is 0. The fourth-order valence-corrected chi connectivity index (χ4v) is 3.92. The van der Waals surface area contributed by atoms with Crippen LogP contribution in [0.4, 0.5) is 48.3 Å². The number of hydrogen-bond acceptors (Lipinski definition) is 4. The average molecular weight is 570 g/mol. The van der Waals surface area contributed by atoms with Crippen LogP contribution in [-0.2, 0) is 6.18 Å². The number of imidazole rings is 1. The van der Waals surface area contributed by atoms with Crippen molar-refractivity contribution in [1.29, 1.82) is 0 Å². The third kappa shape index (κ3) is 5.80. The second kappa shape index (κ2) is 10.6. The number of carbonyl (C=O) groups excluding carboxylic acids is 2. The van der Waals surface area contributed by atoms with Gasteiger partial charge >= 0.3 is 12.2 Å². The molecule has 2 aromatic heterocycles. The van der Waals surface area contributed by atoms with Crippen LogP contribution >= 0.6 is 0 Å². The molecule has 5 rings (SSSR count). The number of rotatable bonds is 5. The average Bonchev–Trinajstić information content (AvgIpc) is 3.35. The highest BCUT2D eigenvalue weighted by Gasteiger charge is 2.34. The minimum Gasteiger partial charge on any atom is -0.308 e. The molecule has 0 aliphatic heterocycles. The molecule has 0 bridgehead atoms. The van der Waals surface area contributed by atoms with Gasteiger partial charge in [-0.1, -0.05) is 12.1 Å². The van der Waals surface area contributed by atoms with Crippen LogP contribution in [0.5, 0.6) is 0 Å². The highest BCUT2D eigenvalue weighted by molar-refractivity contribution is 6.05. The van der Waals surface area contributed by atoms with Crippen LogP contribution in [-0.4, -0.2) is 26.3 Å². The zero-order chi connectivity index (χ0) is 29.3. The lowest BCUT2D eigenvalue weighted by atomic mass is 10.1. The van der Waals surface area contributed by atoms with E-state index in [-0.39, 0.29) is 17.2 Å². The van der Waals surface area contributed by atoms with Crippen molar-refractivity contribution in [3.8, 4) is 11.3 Å². The maximum Gasteiger partial charge on any atom is 0.419 e. The molecule has 0 atom stereocenters. The van der Waals surface area contributed by atoms with Crippen molar-refractivity contribution in [2.75, 3.05) is 16.0 Å². The molecule has 3 N–H and O–H groups in total. The molecule has 5 aromatic rings. The molecular weight excluding hydrogens is 554 g/mol. The van der Waals surface area contributed by atoms with Gasteiger partial charge in [0.25, 0.3) is 5.91 Å². The summed E-state index contributed by atoms with van der Waals surface area (Å²) in [6, 6.07) is 10.3. The number of urea groups is 1. The van der Waals surface area contributed by atoms with E-state index in [9.17, 15) is 35.9 Å². The summed E-state index contributed by atoms with van der Waals surface area (Å²) in [6.07, 6.45) is -0.694. The van der Waals surface area contributed by atoms with Crippen molar-refractivity contribution < 1.29 is 35.9 Å². The smallest absolute Gasteiger partial charge is 0.308 e. The Kier molecular flexibility index (Phi) is 7.05. The Bertz CT molecular complexity index is 1800. The lowest BCUT2D eigenvalue weighted by molar-refractivity contribution is -0.140. The zero-order valence-electron chi connectivity index (χ0n) is 20.4. The predicted molar refractivity (Wildman–Crippen MR) is 137 cm³/mol. The molecule has 41 heavy (non-hydrogen) atoms. The molecule has 0 spiro atoms. The molecule has 0 radical (unpaired) electrons. The number of halogens is 6. The summed E-state index contributed by atoms with van der Waals surface area (Å²) in [4.78, 5) is 33.3. The standard InChI is InChI=1S/C27H16F6N6O2/c28-16-5-7-21(20(30)12-16)37-26(41)36-17-3-1-2-14(10-17)22-13-35-24-23(34-8-9-39(22)24)38-25(40)15-4-6-19(29)18(11-15)27(31,32)33/h1-13H,(H,34,38,40)(H2,36,37,41). The number of nitrogens with one attached hydrogen (secondary N) is 3. The SMILES string of the molecule is O=C(Nc1cccc(-c2cnc3c(NC(=O)c4ccc(F)c(C(F)(F)F)c4)nccn23)c1)Nc1ccc(F)cc1F. The first-order chi connectivity index (χ1) is 19.5. The Morgan fingerprint density at radius 3 is 2.39 bits per heavy atom. The molecule has 208 valence electrons. The number of carbonyl (C=O) groups is 2. The van der Waals surface area contributed by atoms with Gasteiger partial charge in [0, 0.05) is 35.3 Å². The predicted octanol–water partition coefficient (Wildman–Crippen LogP) is 6.73. The van der Waals surface area contributed by atoms with Crippen LogP contribution in [0.25, 0.3) is 16.9 Å². The Morgan fingerprint density at radius 1 is 0.829 bits per heavy atom. The molecule has 0 unspecified atom stereocenters. The van der Waals surface area contributed by atoms with Gasteiger partial charge in [-0.15, -0.1) is 0 Å². The van der Waals surface area contributed by atoms with E-state index in [1.807, 2.05) is 0 Å². The van der Waals surface area contributed by atoms with Crippen LogP contribution in [0.3, 0.4) is 0 Å². The molecule has 0 saturated heterocycles. The summed E-state index contributed by atoms with van der Waals surface area (Å²) in [5, 5.41) is 7.21. The number of benzene rings is 3. The highest BCUT2D eigenvalue weighted by Crippen LogP contribution is 2.32. The van der Waals surface area contributed by atoms with Crippen LogP contribution in [0.15, 0.2) is 79.3 Å². The third-order valence-electron chi connectivity index (χ3n) is 5.79. The monoisotopic (exact) mass is 570 g/mol. The summed E-state index contributed by atoms with van der Waals surface area (Å²) in [7, 11) is 0. The van der Waals surface area contributed by atoms with Gasteiger partial charge in [-0.05, 0) is 42.5 Å². The molecule has 2 heterocycles. The van der Waals surface area contributed by atoms with E-state index in [4.69, 9.17) is 0 Å². The van der Waals surface area contributed by atoms with Gasteiger partial charge in [-0.3, -0.25) is 9.20 Å². The van der Waals surface area contributed by atoms with Crippen LogP contribution in [0.1, 0.15) is 15.9 Å². The number of anilines is 3. The van der Waals surface area contributed by atoms with Gasteiger partial charge in [-0.2, -0.15) is 13.2 Å². The van der Waals surface area contributed by atoms with Crippen molar-refractivity contribution >= 4 is 34.8 Å². The molecule has 0 aliphatic carbocycles. The van der Waals surface area contributed by atoms with Crippen molar-refractivity contribution in [2.24, 2.45) is 0 Å². The molecule has 0 saturated carbocycles. The molecule has 14 heteroatoms. The van der Waals surface area contributed by atoms with Crippen LogP contribution in [0, 0.1) is 17.5 Å². The van der Waals surface area contributed by atoms with Gasteiger partial charge in [0.2, 0.25) is 0 Å².